The number of benzene rings is 1. The Morgan fingerprint density at radius 3 is 2.56 bits per heavy atom. The van der Waals surface area contributed by atoms with Crippen LogP contribution in [-0.4, -0.2) is 18.0 Å². The summed E-state index contributed by atoms with van der Waals surface area (Å²) in [6.07, 6.45) is 7.96. The predicted molar refractivity (Wildman–Crippen MR) is 78.9 cm³/mol. The highest BCUT2D eigenvalue weighted by atomic mass is 15.1. The molecule has 0 fully saturated rings. The molecule has 1 aromatic carbocycles. The Morgan fingerprint density at radius 2 is 1.83 bits per heavy atom. The minimum Gasteiger partial charge on any atom is -0.299 e. The summed E-state index contributed by atoms with van der Waals surface area (Å²) in [4.78, 5) is 2.56. The molecule has 1 aromatic rings. The van der Waals surface area contributed by atoms with Crippen LogP contribution in [0.15, 0.2) is 18.2 Å². The van der Waals surface area contributed by atoms with E-state index in [0.29, 0.717) is 0 Å². The molecule has 0 atom stereocenters. The lowest BCUT2D eigenvalue weighted by Crippen LogP contribution is -2.24. The van der Waals surface area contributed by atoms with Gasteiger partial charge in [-0.05, 0) is 61.9 Å². The van der Waals surface area contributed by atoms with Crippen molar-refractivity contribution in [2.45, 2.75) is 58.9 Å². The first-order valence-corrected chi connectivity index (χ1v) is 7.66. The second-order valence-electron chi connectivity index (χ2n) is 5.53. The first kappa shape index (κ1) is 13.6. The number of rotatable bonds is 6. The zero-order valence-electron chi connectivity index (χ0n) is 12.0. The van der Waals surface area contributed by atoms with Crippen LogP contribution in [0.5, 0.6) is 0 Å². The van der Waals surface area contributed by atoms with Gasteiger partial charge in [0.15, 0.2) is 0 Å². The first-order chi connectivity index (χ1) is 8.83. The third-order valence-electron chi connectivity index (χ3n) is 4.09. The lowest BCUT2D eigenvalue weighted by molar-refractivity contribution is 0.275. The van der Waals surface area contributed by atoms with Crippen LogP contribution in [0.1, 0.15) is 56.2 Å². The van der Waals surface area contributed by atoms with Gasteiger partial charge in [0.25, 0.3) is 0 Å². The van der Waals surface area contributed by atoms with E-state index in [1.54, 1.807) is 11.1 Å². The number of fused-ring (bicyclic) bond motifs is 1. The van der Waals surface area contributed by atoms with Gasteiger partial charge in [0.1, 0.15) is 0 Å². The molecule has 1 aliphatic rings. The van der Waals surface area contributed by atoms with Gasteiger partial charge >= 0.3 is 0 Å². The van der Waals surface area contributed by atoms with E-state index in [-0.39, 0.29) is 0 Å². The van der Waals surface area contributed by atoms with E-state index < -0.39 is 0 Å². The van der Waals surface area contributed by atoms with Gasteiger partial charge in [0.2, 0.25) is 0 Å². The van der Waals surface area contributed by atoms with Crippen molar-refractivity contribution in [1.29, 1.82) is 0 Å². The van der Waals surface area contributed by atoms with Crippen LogP contribution in [0.25, 0.3) is 0 Å². The maximum atomic E-state index is 2.56. The molecule has 0 spiro atoms. The molecule has 0 saturated heterocycles. The monoisotopic (exact) mass is 245 g/mol. The first-order valence-electron chi connectivity index (χ1n) is 7.66. The van der Waals surface area contributed by atoms with Gasteiger partial charge in [-0.15, -0.1) is 0 Å². The van der Waals surface area contributed by atoms with Crippen molar-refractivity contribution in [1.82, 2.24) is 4.90 Å². The van der Waals surface area contributed by atoms with E-state index in [1.165, 1.54) is 50.6 Å². The van der Waals surface area contributed by atoms with Crippen molar-refractivity contribution >= 4 is 0 Å². The van der Waals surface area contributed by atoms with Gasteiger partial charge < -0.3 is 0 Å². The highest BCUT2D eigenvalue weighted by Gasteiger charge is 2.10. The van der Waals surface area contributed by atoms with Crippen LogP contribution in [0.4, 0.5) is 0 Å². The van der Waals surface area contributed by atoms with Gasteiger partial charge in [-0.2, -0.15) is 0 Å². The molecule has 1 aliphatic carbocycles. The number of nitrogens with zero attached hydrogens (tertiary/aromatic N) is 1. The van der Waals surface area contributed by atoms with Gasteiger partial charge in [-0.1, -0.05) is 38.5 Å². The molecule has 1 nitrogen and oxygen atoms in total. The molecule has 18 heavy (non-hydrogen) atoms. The fraction of sp³-hybridized carbons (Fsp3) is 0.647. The summed E-state index contributed by atoms with van der Waals surface area (Å²) in [7, 11) is 0. The summed E-state index contributed by atoms with van der Waals surface area (Å²) in [5.41, 5.74) is 4.72. The average Bonchev–Trinajstić information content (AvgIpc) is 2.43. The third-order valence-corrected chi connectivity index (χ3v) is 4.09. The molecule has 0 N–H and O–H groups in total. The third kappa shape index (κ3) is 3.58. The molecular formula is C17H27N. The summed E-state index contributed by atoms with van der Waals surface area (Å²) in [5.74, 6) is 0. The maximum absolute atomic E-state index is 2.56. The SMILES string of the molecule is CCCCN(CC)Cc1ccc2c(c1)CCCC2. The highest BCUT2D eigenvalue weighted by molar-refractivity contribution is 5.33. The Morgan fingerprint density at radius 1 is 1.06 bits per heavy atom. The molecule has 0 saturated carbocycles. The molecule has 0 heterocycles. The number of aryl methyl sites for hydroxylation is 2. The van der Waals surface area contributed by atoms with E-state index in [0.717, 1.165) is 13.1 Å². The maximum Gasteiger partial charge on any atom is 0.0233 e. The summed E-state index contributed by atoms with van der Waals surface area (Å²) >= 11 is 0. The molecule has 2 rings (SSSR count). The van der Waals surface area contributed by atoms with Crippen molar-refractivity contribution < 1.29 is 0 Å². The Bertz CT molecular complexity index is 370. The minimum atomic E-state index is 1.13. The second kappa shape index (κ2) is 6.94. The van der Waals surface area contributed by atoms with Crippen molar-refractivity contribution in [3.8, 4) is 0 Å². The molecule has 0 unspecified atom stereocenters. The number of hydrogen-bond donors (Lipinski definition) is 0. The van der Waals surface area contributed by atoms with Crippen LogP contribution in [-0.2, 0) is 19.4 Å². The fourth-order valence-corrected chi connectivity index (χ4v) is 2.87. The largest absolute Gasteiger partial charge is 0.299 e. The standard InChI is InChI=1S/C17H27N/c1-3-5-12-18(4-2)14-15-10-11-16-8-6-7-9-17(16)13-15/h10-11,13H,3-9,12,14H2,1-2H3. The van der Waals surface area contributed by atoms with E-state index in [9.17, 15) is 0 Å². The molecule has 1 heteroatoms. The van der Waals surface area contributed by atoms with Gasteiger partial charge in [0, 0.05) is 6.54 Å². The number of unbranched alkanes of at least 4 members (excludes halogenated alkanes) is 1. The lowest BCUT2D eigenvalue weighted by Gasteiger charge is -2.22. The lowest BCUT2D eigenvalue weighted by atomic mass is 9.90. The van der Waals surface area contributed by atoms with E-state index in [2.05, 4.69) is 36.9 Å². The van der Waals surface area contributed by atoms with Crippen LogP contribution in [0.2, 0.25) is 0 Å². The highest BCUT2D eigenvalue weighted by Crippen LogP contribution is 2.22. The van der Waals surface area contributed by atoms with Gasteiger partial charge in [0.05, 0.1) is 0 Å². The normalized spacial score (nSPS) is 14.8. The van der Waals surface area contributed by atoms with Crippen molar-refractivity contribution in [3.63, 3.8) is 0 Å². The molecule has 0 bridgehead atoms. The Balaban J connectivity index is 1.99. The molecule has 0 aromatic heterocycles. The van der Waals surface area contributed by atoms with E-state index >= 15 is 0 Å². The number of hydrogen-bond acceptors (Lipinski definition) is 1. The molecular weight excluding hydrogens is 218 g/mol. The predicted octanol–water partition coefficient (Wildman–Crippen LogP) is 4.19. The molecule has 0 aliphatic heterocycles. The Kier molecular flexibility index (Phi) is 5.25. The zero-order valence-corrected chi connectivity index (χ0v) is 12.0. The van der Waals surface area contributed by atoms with Crippen molar-refractivity contribution in [2.24, 2.45) is 0 Å². The molecule has 0 radical (unpaired) electrons. The Labute approximate surface area is 112 Å². The topological polar surface area (TPSA) is 3.24 Å². The molecule has 0 amide bonds. The van der Waals surface area contributed by atoms with E-state index in [4.69, 9.17) is 0 Å². The van der Waals surface area contributed by atoms with Crippen LogP contribution in [0, 0.1) is 0 Å². The quantitative estimate of drug-likeness (QED) is 0.726. The fourth-order valence-electron chi connectivity index (χ4n) is 2.87. The van der Waals surface area contributed by atoms with Crippen molar-refractivity contribution in [2.75, 3.05) is 13.1 Å². The summed E-state index contributed by atoms with van der Waals surface area (Å²) < 4.78 is 0. The van der Waals surface area contributed by atoms with Crippen LogP contribution < -0.4 is 0 Å². The second-order valence-corrected chi connectivity index (χ2v) is 5.53. The smallest absolute Gasteiger partial charge is 0.0233 e. The van der Waals surface area contributed by atoms with Crippen LogP contribution >= 0.6 is 0 Å². The minimum absolute atomic E-state index is 1.13. The zero-order chi connectivity index (χ0) is 12.8. The summed E-state index contributed by atoms with van der Waals surface area (Å²) in [6.45, 7) is 8.08. The van der Waals surface area contributed by atoms with Gasteiger partial charge in [-0.25, -0.2) is 0 Å². The van der Waals surface area contributed by atoms with Crippen molar-refractivity contribution in [3.05, 3.63) is 34.9 Å². The summed E-state index contributed by atoms with van der Waals surface area (Å²) in [5, 5.41) is 0. The van der Waals surface area contributed by atoms with Gasteiger partial charge in [-0.3, -0.25) is 4.90 Å². The molecule has 100 valence electrons. The van der Waals surface area contributed by atoms with E-state index in [1.807, 2.05) is 0 Å². The van der Waals surface area contributed by atoms with Crippen LogP contribution in [0.3, 0.4) is 0 Å². The summed E-state index contributed by atoms with van der Waals surface area (Å²) in [6, 6.07) is 7.18. The average molecular weight is 245 g/mol. The Hall–Kier alpha value is -0.820.